The maximum atomic E-state index is 12.6. The van der Waals surface area contributed by atoms with E-state index in [4.69, 9.17) is 50.3 Å². The third-order valence-corrected chi connectivity index (χ3v) is 11.3. The number of aromatic nitrogens is 4. The zero-order valence-corrected chi connectivity index (χ0v) is 28.2. The summed E-state index contributed by atoms with van der Waals surface area (Å²) in [5.41, 5.74) is 10.5. The molecule has 0 radical (unpaired) electrons. The minimum atomic E-state index is -0.518. The van der Waals surface area contributed by atoms with Gasteiger partial charge in [0.1, 0.15) is 12.0 Å². The van der Waals surface area contributed by atoms with Crippen LogP contribution in [-0.4, -0.2) is 76.6 Å². The Labute approximate surface area is 281 Å². The molecule has 7 rings (SSSR count). The van der Waals surface area contributed by atoms with E-state index < -0.39 is 6.17 Å². The number of methoxy groups -OCH3 is 1. The molecule has 3 aromatic rings. The lowest BCUT2D eigenvalue weighted by Crippen LogP contribution is -2.27. The SMILES string of the molecule is CNC(=O)c1nn2c(c1Cl)CN(c1nc(OC)nc3c1CSC(c1cc(N)cc(Cl)c1Cl)C3)CCC2.FC1CC2CCCN2C1. The summed E-state index contributed by atoms with van der Waals surface area (Å²) in [7, 11) is 3.12. The van der Waals surface area contributed by atoms with E-state index in [-0.39, 0.29) is 16.9 Å². The second-order valence-electron chi connectivity index (χ2n) is 11.7. The van der Waals surface area contributed by atoms with Gasteiger partial charge < -0.3 is 20.7 Å². The highest BCUT2D eigenvalue weighted by Gasteiger charge is 2.35. The lowest BCUT2D eigenvalue weighted by molar-refractivity contribution is 0.0957. The third-order valence-electron chi connectivity index (χ3n) is 8.80. The first kappa shape index (κ1) is 32.4. The average Bonchev–Trinajstić information content (AvgIpc) is 3.65. The van der Waals surface area contributed by atoms with Gasteiger partial charge in [-0.3, -0.25) is 14.4 Å². The number of amides is 1. The van der Waals surface area contributed by atoms with Crippen molar-refractivity contribution in [3.05, 3.63) is 55.4 Å². The summed E-state index contributed by atoms with van der Waals surface area (Å²) in [5.74, 6) is 1.16. The van der Waals surface area contributed by atoms with Crippen molar-refractivity contribution in [1.82, 2.24) is 30.0 Å². The zero-order valence-electron chi connectivity index (χ0n) is 25.2. The molecule has 10 nitrogen and oxygen atoms in total. The minimum Gasteiger partial charge on any atom is -0.467 e. The fourth-order valence-corrected chi connectivity index (χ4v) is 8.73. The summed E-state index contributed by atoms with van der Waals surface area (Å²) in [4.78, 5) is 26.1. The van der Waals surface area contributed by atoms with Crippen molar-refractivity contribution in [2.75, 3.05) is 44.4 Å². The van der Waals surface area contributed by atoms with Crippen LogP contribution in [0, 0.1) is 0 Å². The molecule has 242 valence electrons. The standard InChI is InChI=1S/C23H24Cl3N7O2S.C7H12FN/c1-28-22(34)20-19(26)16-9-32(4-3-5-33(16)31-20)21-13-10-36-17(8-15(13)29-23(30-21)35-2)12-6-11(27)7-14(24)18(12)25;8-6-4-7-2-1-3-9(7)5-6/h6-7,17H,3-5,8-10,27H2,1-2H3,(H,28,34);6-7H,1-5H2. The summed E-state index contributed by atoms with van der Waals surface area (Å²) in [6.45, 7) is 3.71. The molecule has 0 aliphatic carbocycles. The van der Waals surface area contributed by atoms with Crippen LogP contribution in [0.25, 0.3) is 0 Å². The van der Waals surface area contributed by atoms with Crippen LogP contribution in [0.2, 0.25) is 15.1 Å². The van der Waals surface area contributed by atoms with Crippen LogP contribution in [0.1, 0.15) is 63.9 Å². The number of rotatable bonds is 4. The Morgan fingerprint density at radius 2 is 1.98 bits per heavy atom. The Hall–Kier alpha value is -2.51. The first-order valence-electron chi connectivity index (χ1n) is 15.1. The van der Waals surface area contributed by atoms with Gasteiger partial charge in [0.15, 0.2) is 5.69 Å². The van der Waals surface area contributed by atoms with Crippen molar-refractivity contribution in [2.24, 2.45) is 0 Å². The van der Waals surface area contributed by atoms with Gasteiger partial charge >= 0.3 is 6.01 Å². The number of benzene rings is 1. The van der Waals surface area contributed by atoms with Crippen LogP contribution in [-0.2, 0) is 25.3 Å². The van der Waals surface area contributed by atoms with Crippen LogP contribution in [0.4, 0.5) is 15.9 Å². The third kappa shape index (κ3) is 6.67. The molecular formula is C30H36Cl3FN8O2S. The number of nitrogens with one attached hydrogen (secondary N) is 1. The van der Waals surface area contributed by atoms with Gasteiger partial charge in [-0.15, -0.1) is 11.8 Å². The maximum absolute atomic E-state index is 12.6. The number of thioether (sulfide) groups is 1. The molecule has 3 N–H and O–H groups in total. The molecule has 45 heavy (non-hydrogen) atoms. The molecule has 2 aromatic heterocycles. The fraction of sp³-hybridized carbons (Fsp3) is 0.533. The number of nitrogen functional groups attached to an aromatic ring is 1. The van der Waals surface area contributed by atoms with Gasteiger partial charge in [0.05, 0.1) is 40.1 Å². The highest BCUT2D eigenvalue weighted by Crippen LogP contribution is 2.47. The van der Waals surface area contributed by atoms with Crippen molar-refractivity contribution in [3.63, 3.8) is 0 Å². The zero-order chi connectivity index (χ0) is 31.8. The number of aryl methyl sites for hydroxylation is 1. The highest BCUT2D eigenvalue weighted by molar-refractivity contribution is 7.98. The second kappa shape index (κ2) is 13.7. The van der Waals surface area contributed by atoms with Crippen molar-refractivity contribution in [3.8, 4) is 6.01 Å². The van der Waals surface area contributed by atoms with E-state index in [0.717, 1.165) is 54.3 Å². The molecule has 3 atom stereocenters. The number of carbonyl (C=O) groups excluding carboxylic acids is 1. The smallest absolute Gasteiger partial charge is 0.318 e. The van der Waals surface area contributed by atoms with E-state index in [2.05, 4.69) is 25.2 Å². The lowest BCUT2D eigenvalue weighted by atomic mass is 10.0. The molecule has 1 aromatic carbocycles. The van der Waals surface area contributed by atoms with Gasteiger partial charge in [-0.2, -0.15) is 15.1 Å². The molecule has 4 aliphatic rings. The van der Waals surface area contributed by atoms with Crippen LogP contribution < -0.4 is 20.7 Å². The fourth-order valence-electron chi connectivity index (χ4n) is 6.60. The van der Waals surface area contributed by atoms with E-state index in [1.54, 1.807) is 32.0 Å². The van der Waals surface area contributed by atoms with Gasteiger partial charge in [0.25, 0.3) is 5.91 Å². The van der Waals surface area contributed by atoms with Crippen LogP contribution >= 0.6 is 46.6 Å². The molecule has 3 unspecified atom stereocenters. The summed E-state index contributed by atoms with van der Waals surface area (Å²) < 4.78 is 19.9. The molecule has 0 saturated carbocycles. The molecule has 6 heterocycles. The summed E-state index contributed by atoms with van der Waals surface area (Å²) >= 11 is 21.2. The van der Waals surface area contributed by atoms with E-state index in [0.29, 0.717) is 64.6 Å². The van der Waals surface area contributed by atoms with Crippen molar-refractivity contribution < 1.29 is 13.9 Å². The summed E-state index contributed by atoms with van der Waals surface area (Å²) in [6.07, 6.45) is 4.25. The number of hydrogen-bond donors (Lipinski definition) is 2. The van der Waals surface area contributed by atoms with Gasteiger partial charge in [0.2, 0.25) is 0 Å². The van der Waals surface area contributed by atoms with Crippen molar-refractivity contribution in [2.45, 2.75) is 68.4 Å². The number of carbonyl (C=O) groups is 1. The summed E-state index contributed by atoms with van der Waals surface area (Å²) in [5, 5.41) is 8.39. The second-order valence-corrected chi connectivity index (χ2v) is 14.0. The normalized spacial score (nSPS) is 22.5. The topological polar surface area (TPSA) is 114 Å². The Kier molecular flexibility index (Phi) is 9.87. The largest absolute Gasteiger partial charge is 0.467 e. The first-order valence-corrected chi connectivity index (χ1v) is 17.2. The number of alkyl halides is 1. The van der Waals surface area contributed by atoms with E-state index in [9.17, 15) is 9.18 Å². The average molecular weight is 698 g/mol. The molecule has 0 bridgehead atoms. The van der Waals surface area contributed by atoms with Crippen LogP contribution in [0.5, 0.6) is 6.01 Å². The Bertz CT molecular complexity index is 1580. The number of hydrogen-bond acceptors (Lipinski definition) is 9. The number of halogens is 4. The first-order chi connectivity index (χ1) is 21.7. The van der Waals surface area contributed by atoms with Gasteiger partial charge in [-0.25, -0.2) is 4.39 Å². The molecular weight excluding hydrogens is 662 g/mol. The number of anilines is 2. The van der Waals surface area contributed by atoms with Gasteiger partial charge in [-0.05, 0) is 49.9 Å². The predicted molar refractivity (Wildman–Crippen MR) is 178 cm³/mol. The van der Waals surface area contributed by atoms with E-state index in [1.807, 2.05) is 10.7 Å². The predicted octanol–water partition coefficient (Wildman–Crippen LogP) is 5.72. The Balaban J connectivity index is 0.000000337. The quantitative estimate of drug-likeness (QED) is 0.331. The van der Waals surface area contributed by atoms with E-state index in [1.165, 1.54) is 12.8 Å². The number of nitrogens with zero attached hydrogens (tertiary/aromatic N) is 6. The van der Waals surface area contributed by atoms with Crippen molar-refractivity contribution >= 4 is 64.0 Å². The minimum absolute atomic E-state index is 0.0357. The molecule has 2 fully saturated rings. The Morgan fingerprint density at radius 3 is 2.73 bits per heavy atom. The van der Waals surface area contributed by atoms with Crippen LogP contribution in [0.15, 0.2) is 12.1 Å². The molecule has 15 heteroatoms. The Morgan fingerprint density at radius 1 is 1.16 bits per heavy atom. The monoisotopic (exact) mass is 696 g/mol. The van der Waals surface area contributed by atoms with Crippen molar-refractivity contribution in [1.29, 1.82) is 0 Å². The molecule has 0 spiro atoms. The molecule has 4 aliphatic heterocycles. The molecule has 2 saturated heterocycles. The number of fused-ring (bicyclic) bond motifs is 3. The van der Waals surface area contributed by atoms with Crippen LogP contribution in [0.3, 0.4) is 0 Å². The number of nitrogens with two attached hydrogens (primary N) is 1. The van der Waals surface area contributed by atoms with Gasteiger partial charge in [0, 0.05) is 61.4 Å². The maximum Gasteiger partial charge on any atom is 0.318 e. The highest BCUT2D eigenvalue weighted by atomic mass is 35.5. The lowest BCUT2D eigenvalue weighted by Gasteiger charge is -2.30. The molecule has 1 amide bonds. The van der Waals surface area contributed by atoms with E-state index >= 15 is 0 Å². The van der Waals surface area contributed by atoms with Gasteiger partial charge in [-0.1, -0.05) is 34.8 Å². The number of ether oxygens (including phenoxy) is 1. The summed E-state index contributed by atoms with van der Waals surface area (Å²) in [6, 6.07) is 4.43.